The van der Waals surface area contributed by atoms with E-state index in [1.807, 2.05) is 0 Å². The molecule has 4 heteroatoms. The van der Waals surface area contributed by atoms with Crippen molar-refractivity contribution in [2.75, 3.05) is 6.61 Å². The van der Waals surface area contributed by atoms with Crippen LogP contribution in [-0.4, -0.2) is 34.7 Å². The number of hydrogen-bond acceptors (Lipinski definition) is 4. The van der Waals surface area contributed by atoms with E-state index in [2.05, 4.69) is 83.3 Å². The Morgan fingerprint density at radius 3 is 2.75 bits per heavy atom. The summed E-state index contributed by atoms with van der Waals surface area (Å²) in [7, 11) is 0. The summed E-state index contributed by atoms with van der Waals surface area (Å²) in [6.07, 6.45) is 18.4. The van der Waals surface area contributed by atoms with Crippen molar-refractivity contribution in [1.82, 2.24) is 0 Å². The minimum atomic E-state index is -0.638. The maximum absolute atomic E-state index is 10.2. The van der Waals surface area contributed by atoms with E-state index in [-0.39, 0.29) is 10.8 Å². The van der Waals surface area contributed by atoms with Crippen LogP contribution in [0, 0.1) is 22.7 Å². The van der Waals surface area contributed by atoms with Crippen LogP contribution in [-0.2, 0) is 4.84 Å². The predicted molar refractivity (Wildman–Crippen MR) is 151 cm³/mol. The molecule has 2 N–H and O–H groups in total. The molecule has 4 nitrogen and oxygen atoms in total. The summed E-state index contributed by atoms with van der Waals surface area (Å²) in [6.45, 7) is 19.4. The number of hydrogen-bond donors (Lipinski definition) is 2. The fourth-order valence-electron chi connectivity index (χ4n) is 6.17. The fourth-order valence-corrected chi connectivity index (χ4v) is 6.17. The average Bonchev–Trinajstić information content (AvgIpc) is 3.16. The van der Waals surface area contributed by atoms with Gasteiger partial charge in [0.25, 0.3) is 0 Å². The lowest BCUT2D eigenvalue weighted by molar-refractivity contribution is 0.0862. The Hall–Kier alpha value is -2.17. The number of allylic oxidation sites excluding steroid dienone is 7. The highest BCUT2D eigenvalue weighted by Gasteiger charge is 2.45. The quantitative estimate of drug-likeness (QED) is 0.162. The molecule has 0 saturated heterocycles. The van der Waals surface area contributed by atoms with E-state index in [0.29, 0.717) is 31.3 Å². The molecular formula is C32H47NO3. The second-order valence-corrected chi connectivity index (χ2v) is 12.1. The first-order valence-electron chi connectivity index (χ1n) is 13.6. The molecule has 0 amide bonds. The highest BCUT2D eigenvalue weighted by atomic mass is 16.6. The van der Waals surface area contributed by atoms with Gasteiger partial charge >= 0.3 is 0 Å². The first kappa shape index (κ1) is 28.4. The monoisotopic (exact) mass is 493 g/mol. The summed E-state index contributed by atoms with van der Waals surface area (Å²) in [4.78, 5) is 5.38. The Morgan fingerprint density at radius 2 is 2.06 bits per heavy atom. The van der Waals surface area contributed by atoms with Gasteiger partial charge in [-0.15, -0.1) is 0 Å². The van der Waals surface area contributed by atoms with Gasteiger partial charge in [0.15, 0.2) is 0 Å². The lowest BCUT2D eigenvalue weighted by Crippen LogP contribution is -2.32. The Balaban J connectivity index is 1.71. The van der Waals surface area contributed by atoms with Crippen LogP contribution in [0.4, 0.5) is 0 Å². The van der Waals surface area contributed by atoms with E-state index >= 15 is 0 Å². The largest absolute Gasteiger partial charge is 0.393 e. The van der Waals surface area contributed by atoms with E-state index in [9.17, 15) is 10.2 Å². The molecule has 3 aliphatic rings. The van der Waals surface area contributed by atoms with Gasteiger partial charge in [-0.25, -0.2) is 0 Å². The normalized spacial score (nSPS) is 32.6. The maximum atomic E-state index is 10.2. The van der Waals surface area contributed by atoms with Gasteiger partial charge in [-0.2, -0.15) is 0 Å². The zero-order valence-corrected chi connectivity index (χ0v) is 23.1. The maximum Gasteiger partial charge on any atom is 0.135 e. The van der Waals surface area contributed by atoms with Crippen LogP contribution in [0.25, 0.3) is 0 Å². The summed E-state index contributed by atoms with van der Waals surface area (Å²) >= 11 is 0. The SMILES string of the molecule is C=CCON=C(C=CC[C@@H](C)C1=CC[C@H]2C(=CC=C3C[C@@H](O)C[C@H](O)C3=C)CCC[C@]12C)C(C)(C)C. The smallest absolute Gasteiger partial charge is 0.135 e. The molecule has 0 aromatic rings. The lowest BCUT2D eigenvalue weighted by atomic mass is 9.62. The van der Waals surface area contributed by atoms with Gasteiger partial charge in [-0.3, -0.25) is 0 Å². The topological polar surface area (TPSA) is 62.0 Å². The van der Waals surface area contributed by atoms with Crippen LogP contribution >= 0.6 is 0 Å². The molecule has 0 unspecified atom stereocenters. The van der Waals surface area contributed by atoms with Crippen molar-refractivity contribution in [3.8, 4) is 0 Å². The third-order valence-corrected chi connectivity index (χ3v) is 8.30. The Kier molecular flexibility index (Phi) is 9.40. The van der Waals surface area contributed by atoms with Crippen LogP contribution in [0.5, 0.6) is 0 Å². The van der Waals surface area contributed by atoms with Crippen LogP contribution in [0.3, 0.4) is 0 Å². The molecule has 5 atom stereocenters. The molecule has 0 aromatic carbocycles. The van der Waals surface area contributed by atoms with Gasteiger partial charge in [0.05, 0.1) is 17.9 Å². The molecule has 2 saturated carbocycles. The van der Waals surface area contributed by atoms with Crippen LogP contribution < -0.4 is 0 Å². The zero-order valence-electron chi connectivity index (χ0n) is 23.1. The van der Waals surface area contributed by atoms with Gasteiger partial charge < -0.3 is 15.1 Å². The zero-order chi connectivity index (χ0) is 26.5. The van der Waals surface area contributed by atoms with Crippen molar-refractivity contribution in [3.63, 3.8) is 0 Å². The van der Waals surface area contributed by atoms with Crippen molar-refractivity contribution in [2.24, 2.45) is 27.8 Å². The molecule has 0 radical (unpaired) electrons. The van der Waals surface area contributed by atoms with Gasteiger partial charge in [0.2, 0.25) is 0 Å². The molecule has 0 aliphatic heterocycles. The standard InChI is InChI=1S/C32H47NO3/c1-8-19-36-33-30(31(4,5)6)13-9-11-22(2)27-16-17-28-24(12-10-18-32(27,28)7)14-15-25-20-26(34)21-29(35)23(25)3/h8-9,13-16,22,26,28-29,34-35H,1,3,10-12,17-21H2,2,4-7H3/t22-,26-,28+,29+,32-/m1/s1. The summed E-state index contributed by atoms with van der Waals surface area (Å²) in [5, 5.41) is 24.6. The second kappa shape index (κ2) is 11.9. The van der Waals surface area contributed by atoms with Crippen molar-refractivity contribution in [1.29, 1.82) is 0 Å². The van der Waals surface area contributed by atoms with Gasteiger partial charge in [-0.05, 0) is 73.0 Å². The molecule has 0 spiro atoms. The fraction of sp³-hybridized carbons (Fsp3) is 0.594. The number of fused-ring (bicyclic) bond motifs is 1. The Labute approximate surface area is 218 Å². The summed E-state index contributed by atoms with van der Waals surface area (Å²) in [5.41, 5.74) is 5.87. The molecule has 0 heterocycles. The lowest BCUT2D eigenvalue weighted by Gasteiger charge is -2.42. The van der Waals surface area contributed by atoms with E-state index in [1.54, 1.807) is 11.6 Å². The molecule has 3 rings (SSSR count). The summed E-state index contributed by atoms with van der Waals surface area (Å²) < 4.78 is 0. The van der Waals surface area contributed by atoms with Crippen molar-refractivity contribution in [3.05, 3.63) is 71.9 Å². The molecule has 3 aliphatic carbocycles. The van der Waals surface area contributed by atoms with Crippen LogP contribution in [0.1, 0.15) is 79.6 Å². The van der Waals surface area contributed by atoms with Gasteiger partial charge in [0.1, 0.15) is 6.61 Å². The number of aliphatic hydroxyl groups excluding tert-OH is 2. The highest BCUT2D eigenvalue weighted by Crippen LogP contribution is 2.57. The first-order chi connectivity index (χ1) is 17.0. The second-order valence-electron chi connectivity index (χ2n) is 12.1. The third-order valence-electron chi connectivity index (χ3n) is 8.30. The predicted octanol–water partition coefficient (Wildman–Crippen LogP) is 7.23. The average molecular weight is 494 g/mol. The number of oxime groups is 1. The van der Waals surface area contributed by atoms with Gasteiger partial charge in [0, 0.05) is 11.8 Å². The van der Waals surface area contributed by atoms with Crippen molar-refractivity contribution in [2.45, 2.75) is 91.8 Å². The number of nitrogens with zero attached hydrogens (tertiary/aromatic N) is 1. The van der Waals surface area contributed by atoms with Crippen LogP contribution in [0.15, 0.2) is 77.1 Å². The summed E-state index contributed by atoms with van der Waals surface area (Å²) in [5.74, 6) is 0.989. The molecule has 198 valence electrons. The first-order valence-corrected chi connectivity index (χ1v) is 13.6. The molecular weight excluding hydrogens is 446 g/mol. The molecule has 36 heavy (non-hydrogen) atoms. The van der Waals surface area contributed by atoms with Crippen LogP contribution in [0.2, 0.25) is 0 Å². The molecule has 2 fully saturated rings. The van der Waals surface area contributed by atoms with E-state index in [4.69, 9.17) is 4.84 Å². The highest BCUT2D eigenvalue weighted by molar-refractivity contribution is 5.98. The minimum absolute atomic E-state index is 0.0854. The number of rotatable bonds is 8. The Morgan fingerprint density at radius 1 is 1.31 bits per heavy atom. The molecule has 0 bridgehead atoms. The van der Waals surface area contributed by atoms with E-state index in [0.717, 1.165) is 36.1 Å². The van der Waals surface area contributed by atoms with Gasteiger partial charge in [-0.1, -0.05) is 94.5 Å². The third kappa shape index (κ3) is 6.58. The number of aliphatic hydroxyl groups is 2. The van der Waals surface area contributed by atoms with Crippen molar-refractivity contribution < 1.29 is 15.1 Å². The molecule has 0 aromatic heterocycles. The van der Waals surface area contributed by atoms with E-state index in [1.165, 1.54) is 18.4 Å². The minimum Gasteiger partial charge on any atom is -0.393 e. The van der Waals surface area contributed by atoms with E-state index < -0.39 is 12.2 Å². The summed E-state index contributed by atoms with van der Waals surface area (Å²) in [6, 6.07) is 0. The Bertz CT molecular complexity index is 974. The van der Waals surface area contributed by atoms with Crippen molar-refractivity contribution >= 4 is 5.71 Å².